The monoisotopic (exact) mass is 442 g/mol. The van der Waals surface area contributed by atoms with Gasteiger partial charge >= 0.3 is 0 Å². The molecule has 2 aromatic rings. The molecule has 1 aliphatic rings. The predicted octanol–water partition coefficient (Wildman–Crippen LogP) is 2.45. The topological polar surface area (TPSA) is 82.6 Å². The number of amides is 1. The fourth-order valence-corrected chi connectivity index (χ4v) is 5.17. The summed E-state index contributed by atoms with van der Waals surface area (Å²) in [6, 6.07) is 5.06. The highest BCUT2D eigenvalue weighted by atomic mass is 35.5. The maximum atomic E-state index is 13.0. The minimum Gasteiger partial charge on any atom is -0.345 e. The third-order valence-electron chi connectivity index (χ3n) is 4.62. The second-order valence-corrected chi connectivity index (χ2v) is 9.95. The maximum absolute atomic E-state index is 13.0. The zero-order valence-electron chi connectivity index (χ0n) is 15.7. The number of aromatic nitrogens is 1. The Kier molecular flexibility index (Phi) is 6.59. The van der Waals surface area contributed by atoms with E-state index in [1.54, 1.807) is 22.4 Å². The summed E-state index contributed by atoms with van der Waals surface area (Å²) in [7, 11) is -3.83. The van der Waals surface area contributed by atoms with Crippen molar-refractivity contribution < 1.29 is 13.2 Å². The van der Waals surface area contributed by atoms with E-state index in [0.29, 0.717) is 31.2 Å². The van der Waals surface area contributed by atoms with Crippen LogP contribution in [0.5, 0.6) is 0 Å². The Labute approximate surface area is 174 Å². The van der Waals surface area contributed by atoms with Gasteiger partial charge in [-0.3, -0.25) is 4.79 Å². The molecule has 0 saturated carbocycles. The lowest BCUT2D eigenvalue weighted by atomic mass is 10.0. The van der Waals surface area contributed by atoms with Crippen molar-refractivity contribution in [2.75, 3.05) is 31.1 Å². The molecule has 1 N–H and O–H groups in total. The summed E-state index contributed by atoms with van der Waals surface area (Å²) in [6.45, 7) is 6.08. The predicted molar refractivity (Wildman–Crippen MR) is 111 cm³/mol. The quantitative estimate of drug-likeness (QED) is 0.743. The summed E-state index contributed by atoms with van der Waals surface area (Å²) in [6.07, 6.45) is 1.76. The lowest BCUT2D eigenvalue weighted by Crippen LogP contribution is -2.56. The van der Waals surface area contributed by atoms with Crippen LogP contribution < -0.4 is 9.62 Å². The first kappa shape index (κ1) is 21.0. The number of anilines is 1. The van der Waals surface area contributed by atoms with Gasteiger partial charge in [0.1, 0.15) is 6.04 Å². The fraction of sp³-hybridized carbons (Fsp3) is 0.444. The van der Waals surface area contributed by atoms with Crippen LogP contribution in [0.4, 0.5) is 5.13 Å². The average molecular weight is 443 g/mol. The number of rotatable bonds is 6. The first-order chi connectivity index (χ1) is 13.3. The molecule has 3 rings (SSSR count). The molecule has 152 valence electrons. The molecule has 1 aliphatic heterocycles. The van der Waals surface area contributed by atoms with Crippen molar-refractivity contribution in [3.8, 4) is 0 Å². The Hall–Kier alpha value is -1.68. The number of sulfonamides is 1. The fourth-order valence-electron chi connectivity index (χ4n) is 3.01. The number of hydrogen-bond acceptors (Lipinski definition) is 6. The van der Waals surface area contributed by atoms with Gasteiger partial charge in [-0.1, -0.05) is 25.4 Å². The third kappa shape index (κ3) is 4.83. The highest BCUT2D eigenvalue weighted by molar-refractivity contribution is 7.89. The van der Waals surface area contributed by atoms with Crippen molar-refractivity contribution in [2.24, 2.45) is 5.92 Å². The molecule has 0 radical (unpaired) electrons. The van der Waals surface area contributed by atoms with Crippen molar-refractivity contribution in [1.29, 1.82) is 0 Å². The maximum Gasteiger partial charge on any atom is 0.241 e. The smallest absolute Gasteiger partial charge is 0.241 e. The molecule has 0 unspecified atom stereocenters. The van der Waals surface area contributed by atoms with Crippen molar-refractivity contribution in [3.05, 3.63) is 40.9 Å². The van der Waals surface area contributed by atoms with Crippen LogP contribution in [-0.2, 0) is 14.8 Å². The molecule has 7 nitrogen and oxygen atoms in total. The van der Waals surface area contributed by atoms with E-state index < -0.39 is 16.1 Å². The number of nitrogens with zero attached hydrogens (tertiary/aromatic N) is 3. The molecule has 0 aliphatic carbocycles. The van der Waals surface area contributed by atoms with Gasteiger partial charge in [0.25, 0.3) is 0 Å². The van der Waals surface area contributed by atoms with Gasteiger partial charge in [0.15, 0.2) is 5.13 Å². The van der Waals surface area contributed by atoms with Gasteiger partial charge in [-0.05, 0) is 30.2 Å². The summed E-state index contributed by atoms with van der Waals surface area (Å²) in [4.78, 5) is 21.3. The average Bonchev–Trinajstić information content (AvgIpc) is 3.21. The molecule has 0 spiro atoms. The molecule has 1 atom stereocenters. The van der Waals surface area contributed by atoms with E-state index in [2.05, 4.69) is 14.6 Å². The summed E-state index contributed by atoms with van der Waals surface area (Å²) in [5.74, 6) is -0.391. The summed E-state index contributed by atoms with van der Waals surface area (Å²) in [5.41, 5.74) is 0. The number of halogens is 1. The summed E-state index contributed by atoms with van der Waals surface area (Å²) in [5, 5.41) is 3.32. The Bertz CT molecular complexity index is 893. The first-order valence-corrected chi connectivity index (χ1v) is 11.7. The normalized spacial score (nSPS) is 16.4. The zero-order valence-corrected chi connectivity index (χ0v) is 18.1. The van der Waals surface area contributed by atoms with Crippen LogP contribution >= 0.6 is 22.9 Å². The van der Waals surface area contributed by atoms with Crippen molar-refractivity contribution in [3.63, 3.8) is 0 Å². The largest absolute Gasteiger partial charge is 0.345 e. The van der Waals surface area contributed by atoms with Gasteiger partial charge in [-0.15, -0.1) is 11.3 Å². The van der Waals surface area contributed by atoms with Crippen molar-refractivity contribution in [2.45, 2.75) is 24.8 Å². The van der Waals surface area contributed by atoms with E-state index in [1.165, 1.54) is 24.3 Å². The van der Waals surface area contributed by atoms with Crippen LogP contribution in [0, 0.1) is 5.92 Å². The highest BCUT2D eigenvalue weighted by Crippen LogP contribution is 2.20. The Morgan fingerprint density at radius 2 is 1.82 bits per heavy atom. The van der Waals surface area contributed by atoms with Crippen LogP contribution in [-0.4, -0.2) is 56.4 Å². The molecule has 28 heavy (non-hydrogen) atoms. The van der Waals surface area contributed by atoms with Gasteiger partial charge in [-0.2, -0.15) is 4.72 Å². The minimum absolute atomic E-state index is 0.0870. The van der Waals surface area contributed by atoms with E-state index in [4.69, 9.17) is 11.6 Å². The van der Waals surface area contributed by atoms with E-state index in [0.717, 1.165) is 5.13 Å². The van der Waals surface area contributed by atoms with Gasteiger partial charge < -0.3 is 9.80 Å². The van der Waals surface area contributed by atoms with Crippen LogP contribution in [0.1, 0.15) is 13.8 Å². The van der Waals surface area contributed by atoms with Crippen molar-refractivity contribution in [1.82, 2.24) is 14.6 Å². The van der Waals surface area contributed by atoms with Crippen LogP contribution in [0.2, 0.25) is 5.02 Å². The molecule has 0 bridgehead atoms. The van der Waals surface area contributed by atoms with Gasteiger partial charge in [-0.25, -0.2) is 13.4 Å². The second kappa shape index (κ2) is 8.77. The van der Waals surface area contributed by atoms with Crippen LogP contribution in [0.15, 0.2) is 40.7 Å². The number of thiazole rings is 1. The molecule has 1 saturated heterocycles. The highest BCUT2D eigenvalue weighted by Gasteiger charge is 2.33. The second-order valence-electron chi connectivity index (χ2n) is 6.92. The van der Waals surface area contributed by atoms with E-state index in [-0.39, 0.29) is 16.7 Å². The van der Waals surface area contributed by atoms with Gasteiger partial charge in [0, 0.05) is 42.8 Å². The molecule has 1 amide bonds. The van der Waals surface area contributed by atoms with Crippen LogP contribution in [0.3, 0.4) is 0 Å². The molecular formula is C18H23ClN4O3S2. The zero-order chi connectivity index (χ0) is 20.3. The number of carbonyl (C=O) groups is 1. The Morgan fingerprint density at radius 1 is 1.18 bits per heavy atom. The van der Waals surface area contributed by atoms with Gasteiger partial charge in [0.05, 0.1) is 4.90 Å². The molecule has 1 fully saturated rings. The number of nitrogens with one attached hydrogen (secondary N) is 1. The van der Waals surface area contributed by atoms with Crippen LogP contribution in [0.25, 0.3) is 0 Å². The van der Waals surface area contributed by atoms with E-state index >= 15 is 0 Å². The Morgan fingerprint density at radius 3 is 2.36 bits per heavy atom. The number of piperazine rings is 1. The molecular weight excluding hydrogens is 420 g/mol. The van der Waals surface area contributed by atoms with E-state index in [9.17, 15) is 13.2 Å². The lowest BCUT2D eigenvalue weighted by Gasteiger charge is -2.37. The summed E-state index contributed by atoms with van der Waals surface area (Å²) < 4.78 is 28.0. The molecule has 1 aromatic carbocycles. The first-order valence-electron chi connectivity index (χ1n) is 8.99. The standard InChI is InChI=1S/C18H23ClN4O3S2/c1-13(2)16(21-28(25,26)15-5-3-14(19)4-6-15)17(24)22-8-10-23(11-9-22)18-20-7-12-27-18/h3-7,12-13,16,21H,8-11H2,1-2H3/t16-/m0/s1. The third-order valence-corrected chi connectivity index (χ3v) is 7.16. The Balaban J connectivity index is 1.68. The number of benzene rings is 1. The van der Waals surface area contributed by atoms with Crippen molar-refractivity contribution >= 4 is 44.0 Å². The minimum atomic E-state index is -3.83. The molecule has 10 heteroatoms. The van der Waals surface area contributed by atoms with Gasteiger partial charge in [0.2, 0.25) is 15.9 Å². The number of carbonyl (C=O) groups excluding carboxylic acids is 1. The lowest BCUT2D eigenvalue weighted by molar-refractivity contribution is -0.134. The molecule has 2 heterocycles. The van der Waals surface area contributed by atoms with E-state index in [1.807, 2.05) is 19.2 Å². The summed E-state index contributed by atoms with van der Waals surface area (Å²) >= 11 is 7.40. The SMILES string of the molecule is CC(C)[C@H](NS(=O)(=O)c1ccc(Cl)cc1)C(=O)N1CCN(c2nccs2)CC1. The number of hydrogen-bond donors (Lipinski definition) is 1. The molecule has 1 aromatic heterocycles.